The summed E-state index contributed by atoms with van der Waals surface area (Å²) in [5.41, 5.74) is 4.97. The highest BCUT2D eigenvalue weighted by molar-refractivity contribution is 5.62. The fraction of sp³-hybridized carbons (Fsp3) is 0.250. The molecule has 0 spiro atoms. The third-order valence-corrected chi connectivity index (χ3v) is 5.68. The minimum atomic E-state index is 0.0226. The van der Waals surface area contributed by atoms with Crippen LogP contribution < -0.4 is 20.4 Å². The van der Waals surface area contributed by atoms with E-state index in [9.17, 15) is 0 Å². The minimum absolute atomic E-state index is 0.0226. The summed E-state index contributed by atoms with van der Waals surface area (Å²) in [5.74, 6) is 1.51. The zero-order valence-electron chi connectivity index (χ0n) is 21.7. The number of aromatic nitrogens is 4. The Bertz CT molecular complexity index is 1340. The van der Waals surface area contributed by atoms with Gasteiger partial charge >= 0.3 is 0 Å². The quantitative estimate of drug-likeness (QED) is 0.358. The summed E-state index contributed by atoms with van der Waals surface area (Å²) in [6.45, 7) is 8.63. The van der Waals surface area contributed by atoms with Gasteiger partial charge in [0.1, 0.15) is 5.75 Å². The van der Waals surface area contributed by atoms with Crippen LogP contribution in [0, 0.1) is 0 Å². The molecular formula is C28H35N7O. The van der Waals surface area contributed by atoms with Gasteiger partial charge in [0, 0.05) is 56.7 Å². The molecule has 188 valence electrons. The average Bonchev–Trinajstić information content (AvgIpc) is 3.35. The first-order chi connectivity index (χ1) is 17.4. The number of benzene rings is 2. The smallest absolute Gasteiger partial charge is 0.173 e. The lowest BCUT2D eigenvalue weighted by Gasteiger charge is -2.18. The largest absolute Gasteiger partial charge is 0.497 e. The van der Waals surface area contributed by atoms with E-state index in [1.165, 1.54) is 0 Å². The molecule has 2 heterocycles. The molecule has 0 bridgehead atoms. The van der Waals surface area contributed by atoms with Crippen LogP contribution in [0.3, 0.4) is 0 Å². The van der Waals surface area contributed by atoms with Gasteiger partial charge in [0.2, 0.25) is 0 Å². The Labute approximate surface area is 213 Å². The van der Waals surface area contributed by atoms with Crippen molar-refractivity contribution in [2.24, 2.45) is 12.0 Å². The van der Waals surface area contributed by atoms with Gasteiger partial charge in [0.25, 0.3) is 0 Å². The predicted octanol–water partition coefficient (Wildman–Crippen LogP) is 4.95. The van der Waals surface area contributed by atoms with Gasteiger partial charge in [-0.15, -0.1) is 13.2 Å². The summed E-state index contributed by atoms with van der Waals surface area (Å²) in [6.07, 6.45) is 7.67. The summed E-state index contributed by atoms with van der Waals surface area (Å²) in [4.78, 5) is 11.7. The monoisotopic (exact) mass is 485 g/mol. The molecule has 0 saturated heterocycles. The number of ether oxygens (including phenoxy) is 1. The lowest BCUT2D eigenvalue weighted by atomic mass is 10.2. The fourth-order valence-electron chi connectivity index (χ4n) is 3.74. The normalized spacial score (nSPS) is 11.9. The van der Waals surface area contributed by atoms with Crippen LogP contribution in [0.15, 0.2) is 91.5 Å². The number of nitrogens with one attached hydrogen (secondary N) is 1. The molecular weight excluding hydrogens is 450 g/mol. The zero-order chi connectivity index (χ0) is 26.1. The average molecular weight is 486 g/mol. The van der Waals surface area contributed by atoms with Crippen LogP contribution in [-0.2, 0) is 13.6 Å². The van der Waals surface area contributed by atoms with Crippen molar-refractivity contribution in [1.82, 2.24) is 19.3 Å². The Kier molecular flexibility index (Phi) is 9.05. The Hall–Kier alpha value is -4.33. The molecule has 0 aliphatic carbocycles. The van der Waals surface area contributed by atoms with E-state index in [4.69, 9.17) is 9.73 Å². The van der Waals surface area contributed by atoms with Crippen LogP contribution in [-0.4, -0.2) is 40.5 Å². The molecule has 1 N–H and O–H groups in total. The second kappa shape index (κ2) is 12.4. The molecule has 0 saturated carbocycles. The Morgan fingerprint density at radius 1 is 1.14 bits per heavy atom. The predicted molar refractivity (Wildman–Crippen MR) is 147 cm³/mol. The van der Waals surface area contributed by atoms with Gasteiger partial charge in [-0.1, -0.05) is 18.2 Å². The van der Waals surface area contributed by atoms with E-state index in [1.54, 1.807) is 13.3 Å². The number of hydrogen-bond donors (Lipinski definition) is 1. The van der Waals surface area contributed by atoms with Gasteiger partial charge in [0.15, 0.2) is 11.3 Å². The topological polar surface area (TPSA) is 72.5 Å². The molecule has 4 rings (SSSR count). The second-order valence-corrected chi connectivity index (χ2v) is 8.37. The summed E-state index contributed by atoms with van der Waals surface area (Å²) in [5, 5.41) is 7.83. The Balaban J connectivity index is 0.00000176. The fourth-order valence-corrected chi connectivity index (χ4v) is 3.74. The van der Waals surface area contributed by atoms with Crippen molar-refractivity contribution in [3.63, 3.8) is 0 Å². The van der Waals surface area contributed by atoms with E-state index in [0.717, 1.165) is 33.7 Å². The molecule has 8 heteroatoms. The molecule has 8 nitrogen and oxygen atoms in total. The van der Waals surface area contributed by atoms with Crippen molar-refractivity contribution in [3.8, 4) is 5.75 Å². The van der Waals surface area contributed by atoms with E-state index in [2.05, 4.69) is 57.1 Å². The Morgan fingerprint density at radius 3 is 2.61 bits per heavy atom. The van der Waals surface area contributed by atoms with Crippen molar-refractivity contribution in [2.45, 2.75) is 19.5 Å². The van der Waals surface area contributed by atoms with E-state index < -0.39 is 0 Å². The molecule has 0 aliphatic rings. The zero-order valence-corrected chi connectivity index (χ0v) is 21.7. The number of rotatable bonds is 8. The van der Waals surface area contributed by atoms with Crippen LogP contribution in [0.25, 0.3) is 0 Å². The van der Waals surface area contributed by atoms with Crippen LogP contribution in [0.4, 0.5) is 17.2 Å². The summed E-state index contributed by atoms with van der Waals surface area (Å²) in [6, 6.07) is 16.2. The SMILES string of the molecule is C=C.COc1cccc(CN=c2c(Nc3cccc(N(C)C)c3)nccn2C(C)c2cnn(C)c2)c1. The van der Waals surface area contributed by atoms with Gasteiger partial charge in [-0.05, 0) is 42.8 Å². The first-order valence-corrected chi connectivity index (χ1v) is 11.7. The molecule has 0 fully saturated rings. The molecule has 1 atom stereocenters. The standard InChI is InChI=1S/C26H31N7O.C2H4/c1-19(21-17-29-32(4)18-21)33-13-12-27-25(30-22-9-7-10-23(15-22)31(2)3)26(33)28-16-20-8-6-11-24(14-20)34-5;1-2/h6-15,17-19H,16H2,1-5H3,(H,27,30);1-2H2. The lowest BCUT2D eigenvalue weighted by Crippen LogP contribution is -2.28. The molecule has 0 aliphatic heterocycles. The maximum absolute atomic E-state index is 5.38. The molecule has 1 unspecified atom stereocenters. The highest BCUT2D eigenvalue weighted by Crippen LogP contribution is 2.21. The van der Waals surface area contributed by atoms with Crippen molar-refractivity contribution in [1.29, 1.82) is 0 Å². The van der Waals surface area contributed by atoms with E-state index in [1.807, 2.05) is 80.8 Å². The molecule has 0 amide bonds. The number of nitrogens with zero attached hydrogens (tertiary/aromatic N) is 6. The van der Waals surface area contributed by atoms with Crippen LogP contribution in [0.1, 0.15) is 24.1 Å². The molecule has 36 heavy (non-hydrogen) atoms. The van der Waals surface area contributed by atoms with Crippen LogP contribution >= 0.6 is 0 Å². The summed E-state index contributed by atoms with van der Waals surface area (Å²) >= 11 is 0. The van der Waals surface area contributed by atoms with E-state index in [0.29, 0.717) is 12.4 Å². The highest BCUT2D eigenvalue weighted by atomic mass is 16.5. The maximum atomic E-state index is 5.38. The minimum Gasteiger partial charge on any atom is -0.497 e. The van der Waals surface area contributed by atoms with Crippen molar-refractivity contribution in [3.05, 3.63) is 103 Å². The third-order valence-electron chi connectivity index (χ3n) is 5.68. The molecule has 4 aromatic rings. The number of hydrogen-bond acceptors (Lipinski definition) is 6. The van der Waals surface area contributed by atoms with Gasteiger partial charge in [0.05, 0.1) is 25.9 Å². The molecule has 2 aromatic heterocycles. The highest BCUT2D eigenvalue weighted by Gasteiger charge is 2.13. The molecule has 2 aromatic carbocycles. The van der Waals surface area contributed by atoms with Crippen molar-refractivity contribution >= 4 is 17.2 Å². The first kappa shape index (κ1) is 26.3. The van der Waals surface area contributed by atoms with Crippen molar-refractivity contribution < 1.29 is 4.74 Å². The lowest BCUT2D eigenvalue weighted by molar-refractivity contribution is 0.414. The van der Waals surface area contributed by atoms with E-state index in [-0.39, 0.29) is 6.04 Å². The first-order valence-electron chi connectivity index (χ1n) is 11.7. The van der Waals surface area contributed by atoms with Crippen molar-refractivity contribution in [2.75, 3.05) is 31.4 Å². The van der Waals surface area contributed by atoms with Crippen LogP contribution in [0.2, 0.25) is 0 Å². The maximum Gasteiger partial charge on any atom is 0.173 e. The number of anilines is 3. The van der Waals surface area contributed by atoms with Gasteiger partial charge in [-0.25, -0.2) is 4.98 Å². The number of aryl methyl sites for hydroxylation is 1. The van der Waals surface area contributed by atoms with Gasteiger partial charge in [-0.2, -0.15) is 5.10 Å². The Morgan fingerprint density at radius 2 is 1.92 bits per heavy atom. The summed E-state index contributed by atoms with van der Waals surface area (Å²) in [7, 11) is 7.65. The summed E-state index contributed by atoms with van der Waals surface area (Å²) < 4.78 is 9.32. The molecule has 0 radical (unpaired) electrons. The van der Waals surface area contributed by atoms with E-state index >= 15 is 0 Å². The van der Waals surface area contributed by atoms with Gasteiger partial charge < -0.3 is 19.5 Å². The van der Waals surface area contributed by atoms with Crippen LogP contribution in [0.5, 0.6) is 5.75 Å². The number of methoxy groups -OCH3 is 1. The van der Waals surface area contributed by atoms with Gasteiger partial charge in [-0.3, -0.25) is 9.67 Å². The third kappa shape index (κ3) is 6.41. The second-order valence-electron chi connectivity index (χ2n) is 8.37.